The monoisotopic (exact) mass is 1080 g/mol. The molecule has 0 aliphatic carbocycles. The summed E-state index contributed by atoms with van der Waals surface area (Å²) in [5.41, 5.74) is -13.5. The van der Waals surface area contributed by atoms with Crippen molar-refractivity contribution >= 4 is 55.7 Å². The highest BCUT2D eigenvalue weighted by atomic mass is 79.9. The zero-order chi connectivity index (χ0) is 52.0. The summed E-state index contributed by atoms with van der Waals surface area (Å²) in [6.45, 7) is 0.0251. The van der Waals surface area contributed by atoms with Crippen molar-refractivity contribution in [3.8, 4) is 5.75 Å². The Morgan fingerprint density at radius 1 is 0.457 bits per heavy atom. The van der Waals surface area contributed by atoms with Crippen molar-refractivity contribution in [3.63, 3.8) is 0 Å². The van der Waals surface area contributed by atoms with Gasteiger partial charge in [-0.2, -0.15) is 4.57 Å². The number of ether oxygens (including phenoxy) is 1. The van der Waals surface area contributed by atoms with Gasteiger partial charge in [-0.05, 0) is 24.3 Å². The number of nitrogens with zero attached hydrogens (tertiary/aromatic N) is 2. The van der Waals surface area contributed by atoms with Gasteiger partial charge in [-0.3, -0.25) is 9.78 Å². The zero-order valence-corrected chi connectivity index (χ0v) is 34.9. The summed E-state index contributed by atoms with van der Waals surface area (Å²) >= 11 is 3.33. The first kappa shape index (κ1) is 52.1. The first-order chi connectivity index (χ1) is 32.8. The van der Waals surface area contributed by atoms with Crippen LogP contribution in [0.3, 0.4) is 0 Å². The Balaban J connectivity index is 0.000000270. The van der Waals surface area contributed by atoms with Crippen LogP contribution in [0.4, 0.5) is 87.8 Å². The summed E-state index contributed by atoms with van der Waals surface area (Å²) < 4.78 is 302. The van der Waals surface area contributed by atoms with Crippen molar-refractivity contribution in [1.29, 1.82) is 0 Å². The standard InChI is InChI=1S/C24BF20.C19H14BrN2O3/c26-5-1(6(27)14(35)21(42)13(5)34)25(2-7(28)15(36)22(43)16(37)8(2)29,3-9(30)17(38)23(44)18(39)10(3)31)4-11(32)19(40)24(45)20(41)12(4)33;20-15-6-8-16(9-7-15)25-19(24)17-12-21-10-11-22(17)13-18(23)14-4-2-1-3-5-14/h;1-12H,13H2/q-1;+1. The number of hydrogen-bond donors (Lipinski definition) is 0. The maximum absolute atomic E-state index is 15.4. The van der Waals surface area contributed by atoms with Gasteiger partial charge >= 0.3 is 11.7 Å². The lowest BCUT2D eigenvalue weighted by atomic mass is 9.12. The van der Waals surface area contributed by atoms with E-state index in [1.54, 1.807) is 54.7 Å². The van der Waals surface area contributed by atoms with E-state index in [4.69, 9.17) is 4.74 Å². The molecule has 0 aliphatic heterocycles. The Bertz CT molecular complexity index is 2890. The molecule has 1 heterocycles. The van der Waals surface area contributed by atoms with E-state index >= 15 is 35.1 Å². The van der Waals surface area contributed by atoms with Crippen LogP contribution >= 0.6 is 15.9 Å². The second-order valence-electron chi connectivity index (χ2n) is 14.0. The van der Waals surface area contributed by atoms with Crippen molar-refractivity contribution < 1.29 is 107 Å². The molecule has 0 spiro atoms. The van der Waals surface area contributed by atoms with E-state index in [9.17, 15) is 62.3 Å². The smallest absolute Gasteiger partial charge is 0.410 e. The molecule has 6 aromatic carbocycles. The Morgan fingerprint density at radius 3 is 1.10 bits per heavy atom. The summed E-state index contributed by atoms with van der Waals surface area (Å²) in [7, 11) is 0. The van der Waals surface area contributed by atoms with Gasteiger partial charge in [0.1, 0.15) is 64.6 Å². The normalized spacial score (nSPS) is 11.4. The molecule has 0 radical (unpaired) electrons. The van der Waals surface area contributed by atoms with E-state index in [0.717, 1.165) is 4.47 Å². The maximum atomic E-state index is 15.4. The number of Topliss-reactive ketones (excluding diaryl/α,β-unsaturated/α-hetero) is 1. The van der Waals surface area contributed by atoms with Crippen LogP contribution in [0.15, 0.2) is 77.7 Å². The highest BCUT2D eigenvalue weighted by Gasteiger charge is 2.52. The van der Waals surface area contributed by atoms with Gasteiger partial charge in [0.25, 0.3) is 0 Å². The summed E-state index contributed by atoms with van der Waals surface area (Å²) in [5, 5.41) is 0. The third-order valence-corrected chi connectivity index (χ3v) is 10.7. The van der Waals surface area contributed by atoms with Crippen LogP contribution in [-0.2, 0) is 6.54 Å². The molecule has 7 rings (SSSR count). The van der Waals surface area contributed by atoms with Crippen LogP contribution in [0.5, 0.6) is 5.75 Å². The number of benzene rings is 6. The van der Waals surface area contributed by atoms with Crippen molar-refractivity contribution in [2.75, 3.05) is 0 Å². The molecule has 0 aliphatic rings. The fourth-order valence-electron chi connectivity index (χ4n) is 7.10. The molecule has 0 saturated heterocycles. The molecule has 0 fully saturated rings. The molecular weight excluding hydrogens is 1060 g/mol. The van der Waals surface area contributed by atoms with Gasteiger partial charge in [-0.15, -0.1) is 21.9 Å². The SMILES string of the molecule is Fc1c(F)c(F)c([B-](c2c(F)c(F)c(F)c(F)c2F)(c2c(F)c(F)c(F)c(F)c2F)c2c(F)c(F)c(F)c(F)c2F)c(F)c1F.O=C(C[n+]1ccncc1C(=O)Oc1ccc(Br)cc1)c1ccccc1. The first-order valence-electron chi connectivity index (χ1n) is 18.5. The molecule has 1 aromatic heterocycles. The third kappa shape index (κ3) is 8.69. The minimum absolute atomic E-state index is 0.0251. The summed E-state index contributed by atoms with van der Waals surface area (Å²) in [5.74, 6) is -71.7. The van der Waals surface area contributed by atoms with Crippen LogP contribution in [0.25, 0.3) is 0 Å². The lowest BCUT2D eigenvalue weighted by Crippen LogP contribution is -2.81. The van der Waals surface area contributed by atoms with Gasteiger partial charge in [0.2, 0.25) is 12.3 Å². The molecule has 5 nitrogen and oxygen atoms in total. The number of hydrogen-bond acceptors (Lipinski definition) is 4. The number of ketones is 1. The predicted octanol–water partition coefficient (Wildman–Crippen LogP) is 9.08. The van der Waals surface area contributed by atoms with Crippen LogP contribution in [0.1, 0.15) is 20.8 Å². The summed E-state index contributed by atoms with van der Waals surface area (Å²) in [4.78, 5) is 28.8. The maximum Gasteiger partial charge on any atom is 0.410 e. The Morgan fingerprint density at radius 2 is 0.771 bits per heavy atom. The van der Waals surface area contributed by atoms with Crippen molar-refractivity contribution in [1.82, 2.24) is 4.98 Å². The quantitative estimate of drug-likeness (QED) is 0.0212. The van der Waals surface area contributed by atoms with Crippen molar-refractivity contribution in [2.24, 2.45) is 0 Å². The van der Waals surface area contributed by atoms with Crippen LogP contribution in [0.2, 0.25) is 0 Å². The number of halogens is 21. The van der Waals surface area contributed by atoms with Gasteiger partial charge in [0, 0.05) is 10.0 Å². The van der Waals surface area contributed by atoms with Crippen LogP contribution < -0.4 is 31.2 Å². The van der Waals surface area contributed by atoms with Gasteiger partial charge in [0.15, 0.2) is 76.0 Å². The number of carbonyl (C=O) groups excluding carboxylic acids is 2. The second kappa shape index (κ2) is 20.0. The van der Waals surface area contributed by atoms with E-state index in [1.165, 1.54) is 17.0 Å². The minimum Gasteiger partial charge on any atom is -0.419 e. The summed E-state index contributed by atoms with van der Waals surface area (Å²) in [6.07, 6.45) is -2.72. The van der Waals surface area contributed by atoms with Crippen LogP contribution in [-0.4, -0.2) is 22.9 Å². The lowest BCUT2D eigenvalue weighted by Gasteiger charge is -2.44. The summed E-state index contributed by atoms with van der Waals surface area (Å²) in [6, 6.07) is 15.8. The van der Waals surface area contributed by atoms with Gasteiger partial charge < -0.3 is 4.74 Å². The van der Waals surface area contributed by atoms with E-state index in [1.807, 2.05) is 6.07 Å². The fourth-order valence-corrected chi connectivity index (χ4v) is 7.37. The molecule has 0 unspecified atom stereocenters. The molecule has 7 aromatic rings. The first-order valence-corrected chi connectivity index (χ1v) is 19.3. The topological polar surface area (TPSA) is 60.1 Å². The number of carbonyl (C=O) groups is 2. The van der Waals surface area contributed by atoms with Crippen molar-refractivity contribution in [3.05, 3.63) is 205 Å². The molecule has 70 heavy (non-hydrogen) atoms. The minimum atomic E-state index is -7.22. The lowest BCUT2D eigenvalue weighted by molar-refractivity contribution is -0.686. The van der Waals surface area contributed by atoms with E-state index in [2.05, 4.69) is 20.9 Å². The number of esters is 1. The van der Waals surface area contributed by atoms with Gasteiger partial charge in [0.05, 0.1) is 6.20 Å². The molecule has 0 atom stereocenters. The highest BCUT2D eigenvalue weighted by Crippen LogP contribution is 2.31. The Hall–Kier alpha value is -7.32. The molecule has 0 N–H and O–H groups in total. The predicted molar refractivity (Wildman–Crippen MR) is 204 cm³/mol. The molecule has 27 heteroatoms. The highest BCUT2D eigenvalue weighted by molar-refractivity contribution is 9.10. The van der Waals surface area contributed by atoms with Gasteiger partial charge in [-0.1, -0.05) is 46.3 Å². The zero-order valence-electron chi connectivity index (χ0n) is 33.3. The Labute approximate surface area is 384 Å². The number of rotatable bonds is 9. The molecule has 364 valence electrons. The fraction of sp³-hybridized carbons (Fsp3) is 0.0233. The molecule has 0 amide bonds. The van der Waals surface area contributed by atoms with E-state index in [-0.39, 0.29) is 18.0 Å². The Kier molecular flexibility index (Phi) is 14.8. The van der Waals surface area contributed by atoms with E-state index < -0.39 is 150 Å². The molecular formula is C43H14BBrF20N2O3. The largest absolute Gasteiger partial charge is 0.419 e. The average Bonchev–Trinajstić information content (AvgIpc) is 3.35. The second-order valence-corrected chi connectivity index (χ2v) is 14.9. The van der Waals surface area contributed by atoms with Crippen LogP contribution in [0, 0.1) is 116 Å². The third-order valence-electron chi connectivity index (χ3n) is 10.2. The van der Waals surface area contributed by atoms with E-state index in [0.29, 0.717) is 11.3 Å². The van der Waals surface area contributed by atoms with Gasteiger partial charge in [-0.25, -0.2) is 92.6 Å². The van der Waals surface area contributed by atoms with Crippen molar-refractivity contribution in [2.45, 2.75) is 6.54 Å². The number of aromatic nitrogens is 2. The average molecular weight is 1080 g/mol. The molecule has 0 bridgehead atoms. The molecule has 0 saturated carbocycles.